The summed E-state index contributed by atoms with van der Waals surface area (Å²) in [5, 5.41) is 6.24. The van der Waals surface area contributed by atoms with E-state index in [0.29, 0.717) is 0 Å². The second-order valence-electron chi connectivity index (χ2n) is 4.13. The number of anilines is 1. The van der Waals surface area contributed by atoms with E-state index in [0.717, 1.165) is 18.7 Å². The van der Waals surface area contributed by atoms with Crippen molar-refractivity contribution < 1.29 is 4.79 Å². The Labute approximate surface area is 109 Å². The van der Waals surface area contributed by atoms with Crippen LogP contribution in [0, 0.1) is 9.49 Å². The summed E-state index contributed by atoms with van der Waals surface area (Å²) in [6.07, 6.45) is 0.928. The molecule has 1 aliphatic rings. The highest BCUT2D eigenvalue weighted by Gasteiger charge is 2.29. The maximum atomic E-state index is 12.0. The van der Waals surface area contributed by atoms with E-state index in [2.05, 4.69) is 40.1 Å². The van der Waals surface area contributed by atoms with E-state index in [1.165, 1.54) is 3.57 Å². The average Bonchev–Trinajstić information content (AvgIpc) is 2.68. The molecule has 0 saturated carbocycles. The predicted molar refractivity (Wildman–Crippen MR) is 73.4 cm³/mol. The topological polar surface area (TPSA) is 41.1 Å². The van der Waals surface area contributed by atoms with Crippen molar-refractivity contribution in [2.45, 2.75) is 19.4 Å². The molecule has 2 unspecified atom stereocenters. The Bertz CT molecular complexity index is 377. The molecule has 2 atom stereocenters. The molecule has 1 saturated heterocycles. The third-order valence-corrected chi connectivity index (χ3v) is 3.69. The van der Waals surface area contributed by atoms with Crippen molar-refractivity contribution in [1.29, 1.82) is 0 Å². The number of nitrogens with one attached hydrogen (secondary N) is 2. The van der Waals surface area contributed by atoms with Crippen molar-refractivity contribution >= 4 is 34.2 Å². The number of carbonyl (C=O) groups is 1. The molecule has 16 heavy (non-hydrogen) atoms. The number of hydrogen-bond donors (Lipinski definition) is 2. The largest absolute Gasteiger partial charge is 0.326 e. The molecule has 0 bridgehead atoms. The van der Waals surface area contributed by atoms with Gasteiger partial charge in [-0.2, -0.15) is 0 Å². The van der Waals surface area contributed by atoms with Crippen LogP contribution in [0.2, 0.25) is 0 Å². The van der Waals surface area contributed by atoms with Crippen LogP contribution in [-0.4, -0.2) is 18.5 Å². The van der Waals surface area contributed by atoms with Gasteiger partial charge in [0.1, 0.15) is 0 Å². The minimum absolute atomic E-state index is 0.0966. The number of hydrogen-bond acceptors (Lipinski definition) is 2. The molecule has 0 aliphatic carbocycles. The van der Waals surface area contributed by atoms with Crippen LogP contribution < -0.4 is 10.6 Å². The van der Waals surface area contributed by atoms with Crippen LogP contribution in [-0.2, 0) is 4.79 Å². The van der Waals surface area contributed by atoms with Gasteiger partial charge in [-0.1, -0.05) is 0 Å². The minimum atomic E-state index is 0.0966. The highest BCUT2D eigenvalue weighted by Crippen LogP contribution is 2.18. The van der Waals surface area contributed by atoms with Crippen LogP contribution in [0.25, 0.3) is 0 Å². The van der Waals surface area contributed by atoms with E-state index in [1.807, 2.05) is 24.3 Å². The average molecular weight is 330 g/mol. The molecular weight excluding hydrogens is 315 g/mol. The Kier molecular flexibility index (Phi) is 3.81. The highest BCUT2D eigenvalue weighted by molar-refractivity contribution is 14.1. The summed E-state index contributed by atoms with van der Waals surface area (Å²) in [4.78, 5) is 12.0. The zero-order valence-electron chi connectivity index (χ0n) is 9.16. The fraction of sp³-hybridized carbons (Fsp3) is 0.417. The van der Waals surface area contributed by atoms with Gasteiger partial charge in [0, 0.05) is 15.3 Å². The van der Waals surface area contributed by atoms with Gasteiger partial charge >= 0.3 is 0 Å². The number of rotatable bonds is 2. The molecule has 1 aromatic carbocycles. The third-order valence-electron chi connectivity index (χ3n) is 2.97. The van der Waals surface area contributed by atoms with Gasteiger partial charge in [0.2, 0.25) is 5.91 Å². The Morgan fingerprint density at radius 1 is 1.44 bits per heavy atom. The fourth-order valence-electron chi connectivity index (χ4n) is 1.99. The van der Waals surface area contributed by atoms with Crippen molar-refractivity contribution in [3.8, 4) is 0 Å². The smallest absolute Gasteiger partial charge is 0.229 e. The van der Waals surface area contributed by atoms with Crippen LogP contribution in [0.4, 0.5) is 5.69 Å². The van der Waals surface area contributed by atoms with E-state index in [1.54, 1.807) is 0 Å². The lowest BCUT2D eigenvalue weighted by atomic mass is 10.0. The summed E-state index contributed by atoms with van der Waals surface area (Å²) in [6, 6.07) is 8.14. The molecular formula is C12H15IN2O. The van der Waals surface area contributed by atoms with Gasteiger partial charge in [0.15, 0.2) is 0 Å². The fourth-order valence-corrected chi connectivity index (χ4v) is 2.34. The van der Waals surface area contributed by atoms with Gasteiger partial charge in [-0.3, -0.25) is 4.79 Å². The maximum absolute atomic E-state index is 12.0. The molecule has 4 heteroatoms. The van der Waals surface area contributed by atoms with Gasteiger partial charge < -0.3 is 10.6 Å². The highest BCUT2D eigenvalue weighted by atomic mass is 127. The van der Waals surface area contributed by atoms with Crippen LogP contribution in [0.3, 0.4) is 0 Å². The summed E-state index contributed by atoms with van der Waals surface area (Å²) in [5.41, 5.74) is 0.879. The van der Waals surface area contributed by atoms with Gasteiger partial charge in [0.05, 0.1) is 5.92 Å². The van der Waals surface area contributed by atoms with E-state index in [-0.39, 0.29) is 17.9 Å². The van der Waals surface area contributed by atoms with E-state index in [4.69, 9.17) is 0 Å². The first-order valence-corrected chi connectivity index (χ1v) is 6.54. The number of benzene rings is 1. The molecule has 1 aromatic rings. The number of amides is 1. The van der Waals surface area contributed by atoms with Crippen molar-refractivity contribution in [3.63, 3.8) is 0 Å². The summed E-state index contributed by atoms with van der Waals surface area (Å²) >= 11 is 2.25. The molecule has 2 rings (SSSR count). The lowest BCUT2D eigenvalue weighted by molar-refractivity contribution is -0.119. The Morgan fingerprint density at radius 2 is 2.12 bits per heavy atom. The molecule has 1 fully saturated rings. The van der Waals surface area contributed by atoms with E-state index < -0.39 is 0 Å². The SMILES string of the molecule is CC1NCCC1C(=O)Nc1ccc(I)cc1. The monoisotopic (exact) mass is 330 g/mol. The van der Waals surface area contributed by atoms with Gasteiger partial charge in [-0.25, -0.2) is 0 Å². The van der Waals surface area contributed by atoms with Gasteiger partial charge in [-0.05, 0) is 66.7 Å². The zero-order chi connectivity index (χ0) is 11.5. The summed E-state index contributed by atoms with van der Waals surface area (Å²) in [5.74, 6) is 0.220. The molecule has 2 N–H and O–H groups in total. The van der Waals surface area contributed by atoms with Crippen molar-refractivity contribution in [2.24, 2.45) is 5.92 Å². The molecule has 3 nitrogen and oxygen atoms in total. The molecule has 86 valence electrons. The van der Waals surface area contributed by atoms with E-state index in [9.17, 15) is 4.79 Å². The van der Waals surface area contributed by atoms with Crippen LogP contribution >= 0.6 is 22.6 Å². The van der Waals surface area contributed by atoms with Crippen LogP contribution in [0.1, 0.15) is 13.3 Å². The quantitative estimate of drug-likeness (QED) is 0.817. The molecule has 1 heterocycles. The standard InChI is InChI=1S/C12H15IN2O/c1-8-11(6-7-14-8)12(16)15-10-4-2-9(13)3-5-10/h2-5,8,11,14H,6-7H2,1H3,(H,15,16). The summed E-state index contributed by atoms with van der Waals surface area (Å²) in [6.45, 7) is 3.00. The second-order valence-corrected chi connectivity index (χ2v) is 5.38. The maximum Gasteiger partial charge on any atom is 0.229 e. The van der Waals surface area contributed by atoms with Crippen molar-refractivity contribution in [1.82, 2.24) is 5.32 Å². The van der Waals surface area contributed by atoms with E-state index >= 15 is 0 Å². The first-order chi connectivity index (χ1) is 7.66. The zero-order valence-corrected chi connectivity index (χ0v) is 11.3. The molecule has 0 aromatic heterocycles. The summed E-state index contributed by atoms with van der Waals surface area (Å²) in [7, 11) is 0. The Balaban J connectivity index is 1.99. The number of halogens is 1. The molecule has 1 amide bonds. The van der Waals surface area contributed by atoms with Gasteiger partial charge in [0.25, 0.3) is 0 Å². The molecule has 1 aliphatic heterocycles. The van der Waals surface area contributed by atoms with Crippen LogP contribution in [0.15, 0.2) is 24.3 Å². The lowest BCUT2D eigenvalue weighted by Crippen LogP contribution is -2.32. The predicted octanol–water partition coefficient (Wildman–Crippen LogP) is 2.23. The molecule has 0 radical (unpaired) electrons. The molecule has 0 spiro atoms. The minimum Gasteiger partial charge on any atom is -0.326 e. The van der Waals surface area contributed by atoms with Crippen molar-refractivity contribution in [3.05, 3.63) is 27.8 Å². The number of carbonyl (C=O) groups excluding carboxylic acids is 1. The van der Waals surface area contributed by atoms with Gasteiger partial charge in [-0.15, -0.1) is 0 Å². The first-order valence-electron chi connectivity index (χ1n) is 5.46. The first kappa shape index (κ1) is 11.9. The normalized spacial score (nSPS) is 24.4. The lowest BCUT2D eigenvalue weighted by Gasteiger charge is -2.14. The summed E-state index contributed by atoms with van der Waals surface area (Å²) < 4.78 is 1.17. The van der Waals surface area contributed by atoms with Crippen molar-refractivity contribution in [2.75, 3.05) is 11.9 Å². The third kappa shape index (κ3) is 2.74. The Morgan fingerprint density at radius 3 is 2.69 bits per heavy atom. The Hall–Kier alpha value is -0.620. The van der Waals surface area contributed by atoms with Crippen LogP contribution in [0.5, 0.6) is 0 Å². The second kappa shape index (κ2) is 5.14.